The van der Waals surface area contributed by atoms with Gasteiger partial charge in [0.15, 0.2) is 0 Å². The minimum absolute atomic E-state index is 0.0369. The molecule has 3 rings (SSSR count). The summed E-state index contributed by atoms with van der Waals surface area (Å²) in [5, 5.41) is 4.67. The highest BCUT2D eigenvalue weighted by Gasteiger charge is 2.21. The number of hydrogen-bond donors (Lipinski definition) is 1. The second kappa shape index (κ2) is 6.89. The molecule has 1 aromatic heterocycles. The van der Waals surface area contributed by atoms with Crippen LogP contribution in [0.15, 0.2) is 54.6 Å². The van der Waals surface area contributed by atoms with Crippen molar-refractivity contribution in [1.29, 1.82) is 0 Å². The third kappa shape index (κ3) is 3.05. The number of rotatable bonds is 5. The van der Waals surface area contributed by atoms with Gasteiger partial charge in [-0.15, -0.1) is 0 Å². The summed E-state index contributed by atoms with van der Waals surface area (Å²) in [6.45, 7) is 2.57. The number of ether oxygens (including phenoxy) is 1. The molecule has 3 aromatic rings. The van der Waals surface area contributed by atoms with Crippen molar-refractivity contribution >= 4 is 0 Å². The number of benzene rings is 2. The highest BCUT2D eigenvalue weighted by Crippen LogP contribution is 2.33. The summed E-state index contributed by atoms with van der Waals surface area (Å²) >= 11 is 0. The molecule has 124 valence electrons. The average molecular weight is 321 g/mol. The number of aromatic nitrogens is 2. The lowest BCUT2D eigenvalue weighted by molar-refractivity contribution is 0.406. The van der Waals surface area contributed by atoms with Gasteiger partial charge in [-0.3, -0.25) is 4.68 Å². The first-order valence-electron chi connectivity index (χ1n) is 8.08. The first-order chi connectivity index (χ1) is 11.6. The topological polar surface area (TPSA) is 53.1 Å². The molecule has 0 aliphatic heterocycles. The highest BCUT2D eigenvalue weighted by molar-refractivity contribution is 5.60. The first-order valence-corrected chi connectivity index (χ1v) is 8.08. The number of nitrogens with two attached hydrogens (primary N) is 1. The van der Waals surface area contributed by atoms with Crippen molar-refractivity contribution in [2.45, 2.75) is 12.8 Å². The average Bonchev–Trinajstić information content (AvgIpc) is 2.98. The molecule has 0 aliphatic carbocycles. The Hall–Kier alpha value is -2.59. The molecule has 4 heteroatoms. The van der Waals surface area contributed by atoms with Crippen molar-refractivity contribution in [3.8, 4) is 17.0 Å². The molecule has 0 radical (unpaired) electrons. The summed E-state index contributed by atoms with van der Waals surface area (Å²) in [6.07, 6.45) is 0. The number of aryl methyl sites for hydroxylation is 2. The number of hydrogen-bond acceptors (Lipinski definition) is 3. The normalized spacial score (nSPS) is 12.2. The van der Waals surface area contributed by atoms with Crippen LogP contribution in [0.25, 0.3) is 11.3 Å². The van der Waals surface area contributed by atoms with E-state index in [1.807, 2.05) is 36.0 Å². The lowest BCUT2D eigenvalue weighted by Gasteiger charge is -2.19. The maximum absolute atomic E-state index is 6.13. The molecular formula is C20H23N3O. The van der Waals surface area contributed by atoms with Crippen LogP contribution in [-0.2, 0) is 7.05 Å². The van der Waals surface area contributed by atoms with E-state index in [2.05, 4.69) is 42.4 Å². The number of nitrogens with zero attached hydrogens (tertiary/aromatic N) is 2. The summed E-state index contributed by atoms with van der Waals surface area (Å²) in [7, 11) is 3.66. The minimum atomic E-state index is 0.0369. The Labute approximate surface area is 142 Å². The van der Waals surface area contributed by atoms with Gasteiger partial charge in [0, 0.05) is 36.3 Å². The molecule has 2 aromatic carbocycles. The molecular weight excluding hydrogens is 298 g/mol. The third-order valence-corrected chi connectivity index (χ3v) is 4.34. The summed E-state index contributed by atoms with van der Waals surface area (Å²) < 4.78 is 7.47. The van der Waals surface area contributed by atoms with Crippen molar-refractivity contribution in [3.05, 3.63) is 71.4 Å². The van der Waals surface area contributed by atoms with Crippen molar-refractivity contribution in [1.82, 2.24) is 9.78 Å². The zero-order valence-electron chi connectivity index (χ0n) is 14.4. The van der Waals surface area contributed by atoms with Gasteiger partial charge in [0.05, 0.1) is 12.8 Å². The Morgan fingerprint density at radius 2 is 1.88 bits per heavy atom. The Balaban J connectivity index is 2.07. The van der Waals surface area contributed by atoms with Crippen molar-refractivity contribution < 1.29 is 4.74 Å². The predicted octanol–water partition coefficient (Wildman–Crippen LogP) is 3.49. The molecule has 4 nitrogen and oxygen atoms in total. The van der Waals surface area contributed by atoms with Crippen molar-refractivity contribution in [3.63, 3.8) is 0 Å². The summed E-state index contributed by atoms with van der Waals surface area (Å²) in [5.41, 5.74) is 11.6. The molecule has 2 N–H and O–H groups in total. The first kappa shape index (κ1) is 16.3. The summed E-state index contributed by atoms with van der Waals surface area (Å²) in [5.74, 6) is 0.897. The van der Waals surface area contributed by atoms with Crippen LogP contribution in [0, 0.1) is 6.92 Å². The molecule has 24 heavy (non-hydrogen) atoms. The Morgan fingerprint density at radius 1 is 1.12 bits per heavy atom. The van der Waals surface area contributed by atoms with Gasteiger partial charge < -0.3 is 10.5 Å². The fraction of sp³-hybridized carbons (Fsp3) is 0.250. The molecule has 0 saturated carbocycles. The quantitative estimate of drug-likeness (QED) is 0.782. The van der Waals surface area contributed by atoms with E-state index in [1.54, 1.807) is 7.11 Å². The van der Waals surface area contributed by atoms with E-state index >= 15 is 0 Å². The van der Waals surface area contributed by atoms with Crippen molar-refractivity contribution in [2.75, 3.05) is 13.7 Å². The van der Waals surface area contributed by atoms with E-state index in [9.17, 15) is 0 Å². The van der Waals surface area contributed by atoms with Crippen LogP contribution >= 0.6 is 0 Å². The molecule has 1 unspecified atom stereocenters. The van der Waals surface area contributed by atoms with Crippen molar-refractivity contribution in [2.24, 2.45) is 12.8 Å². The van der Waals surface area contributed by atoms with Gasteiger partial charge in [-0.2, -0.15) is 5.10 Å². The van der Waals surface area contributed by atoms with Gasteiger partial charge in [0.25, 0.3) is 0 Å². The van der Waals surface area contributed by atoms with Crippen LogP contribution in [0.3, 0.4) is 0 Å². The molecule has 0 spiro atoms. The Bertz CT molecular complexity index is 824. The van der Waals surface area contributed by atoms with Crippen LogP contribution in [0.1, 0.15) is 22.7 Å². The van der Waals surface area contributed by atoms with Gasteiger partial charge >= 0.3 is 0 Å². The van der Waals surface area contributed by atoms with E-state index in [-0.39, 0.29) is 5.92 Å². The van der Waals surface area contributed by atoms with Crippen LogP contribution in [0.4, 0.5) is 0 Å². The highest BCUT2D eigenvalue weighted by atomic mass is 16.5. The van der Waals surface area contributed by atoms with Gasteiger partial charge in [-0.05, 0) is 19.1 Å². The molecule has 0 bridgehead atoms. The smallest absolute Gasteiger partial charge is 0.122 e. The fourth-order valence-corrected chi connectivity index (χ4v) is 3.09. The number of methoxy groups -OCH3 is 1. The maximum Gasteiger partial charge on any atom is 0.122 e. The second-order valence-corrected chi connectivity index (χ2v) is 5.98. The SMILES string of the molecule is COc1ccc(C)cc1C(CN)c1cc(-c2ccccc2)nn1C. The summed E-state index contributed by atoms with van der Waals surface area (Å²) in [6, 6.07) is 18.5. The predicted molar refractivity (Wildman–Crippen MR) is 97.3 cm³/mol. The van der Waals surface area contributed by atoms with Crippen LogP contribution in [-0.4, -0.2) is 23.4 Å². The lowest BCUT2D eigenvalue weighted by Crippen LogP contribution is -2.18. The van der Waals surface area contributed by atoms with E-state index in [0.29, 0.717) is 6.54 Å². The van der Waals surface area contributed by atoms with Gasteiger partial charge in [0.2, 0.25) is 0 Å². The molecule has 0 fully saturated rings. The molecule has 1 atom stereocenters. The standard InChI is InChI=1S/C20H23N3O/c1-14-9-10-20(24-3)16(11-14)17(13-21)19-12-18(22-23(19)2)15-7-5-4-6-8-15/h4-12,17H,13,21H2,1-3H3. The molecule has 0 saturated heterocycles. The molecule has 0 amide bonds. The Morgan fingerprint density at radius 3 is 2.54 bits per heavy atom. The van der Waals surface area contributed by atoms with E-state index in [0.717, 1.165) is 28.3 Å². The monoisotopic (exact) mass is 321 g/mol. The third-order valence-electron chi connectivity index (χ3n) is 4.34. The van der Waals surface area contributed by atoms with E-state index in [1.165, 1.54) is 5.56 Å². The maximum atomic E-state index is 6.13. The van der Waals surface area contributed by atoms with Gasteiger partial charge in [0.1, 0.15) is 5.75 Å². The molecule has 1 heterocycles. The van der Waals surface area contributed by atoms with Crippen LogP contribution < -0.4 is 10.5 Å². The lowest BCUT2D eigenvalue weighted by atomic mass is 9.93. The zero-order valence-corrected chi connectivity index (χ0v) is 14.4. The van der Waals surface area contributed by atoms with Crippen LogP contribution in [0.2, 0.25) is 0 Å². The fourth-order valence-electron chi connectivity index (χ4n) is 3.09. The van der Waals surface area contributed by atoms with Crippen LogP contribution in [0.5, 0.6) is 5.75 Å². The zero-order chi connectivity index (χ0) is 17.1. The molecule has 0 aliphatic rings. The Kier molecular flexibility index (Phi) is 4.67. The van der Waals surface area contributed by atoms with E-state index < -0.39 is 0 Å². The van der Waals surface area contributed by atoms with E-state index in [4.69, 9.17) is 10.5 Å². The second-order valence-electron chi connectivity index (χ2n) is 5.98. The summed E-state index contributed by atoms with van der Waals surface area (Å²) in [4.78, 5) is 0. The minimum Gasteiger partial charge on any atom is -0.496 e. The van der Waals surface area contributed by atoms with Gasteiger partial charge in [-0.1, -0.05) is 48.0 Å². The van der Waals surface area contributed by atoms with Gasteiger partial charge in [-0.25, -0.2) is 0 Å². The largest absolute Gasteiger partial charge is 0.496 e.